The summed E-state index contributed by atoms with van der Waals surface area (Å²) >= 11 is 1.52. The zero-order valence-electron chi connectivity index (χ0n) is 14.8. The second-order valence-electron chi connectivity index (χ2n) is 6.47. The highest BCUT2D eigenvalue weighted by molar-refractivity contribution is 8.15. The van der Waals surface area contributed by atoms with Crippen LogP contribution in [0, 0.1) is 6.92 Å². The Morgan fingerprint density at radius 1 is 1.04 bits per heavy atom. The minimum absolute atomic E-state index is 0.0471. The molecule has 0 bridgehead atoms. The van der Waals surface area contributed by atoms with Crippen LogP contribution in [-0.2, 0) is 17.6 Å². The molecule has 0 radical (unpaired) electrons. The number of rotatable bonds is 6. The summed E-state index contributed by atoms with van der Waals surface area (Å²) in [5.74, 6) is 0.0471. The Bertz CT molecular complexity index is 750. The highest BCUT2D eigenvalue weighted by Crippen LogP contribution is 2.26. The van der Waals surface area contributed by atoms with Crippen LogP contribution < -0.4 is 5.32 Å². The third kappa shape index (κ3) is 4.95. The van der Waals surface area contributed by atoms with Gasteiger partial charge in [0.25, 0.3) is 0 Å². The molecule has 1 aliphatic rings. The van der Waals surface area contributed by atoms with Gasteiger partial charge in [0.2, 0.25) is 5.91 Å². The largest absolute Gasteiger partial charge is 0.304 e. The Labute approximate surface area is 153 Å². The average molecular weight is 353 g/mol. The van der Waals surface area contributed by atoms with E-state index in [4.69, 9.17) is 0 Å². The van der Waals surface area contributed by atoms with Crippen molar-refractivity contribution in [2.24, 2.45) is 4.99 Å². The maximum absolute atomic E-state index is 12.2. The van der Waals surface area contributed by atoms with Crippen molar-refractivity contribution < 1.29 is 4.79 Å². The number of amidine groups is 1. The fraction of sp³-hybridized carbons (Fsp3) is 0.333. The summed E-state index contributed by atoms with van der Waals surface area (Å²) in [5.41, 5.74) is 4.64. The highest BCUT2D eigenvalue weighted by atomic mass is 32.2. The molecule has 2 aromatic carbocycles. The number of nitrogens with one attached hydrogen (secondary N) is 1. The first-order chi connectivity index (χ1) is 12.1. The number of benzene rings is 2. The van der Waals surface area contributed by atoms with Gasteiger partial charge in [0.1, 0.15) is 0 Å². The van der Waals surface area contributed by atoms with Gasteiger partial charge in [-0.25, -0.2) is 4.99 Å². The van der Waals surface area contributed by atoms with Gasteiger partial charge >= 0.3 is 0 Å². The summed E-state index contributed by atoms with van der Waals surface area (Å²) in [7, 11) is 0. The summed E-state index contributed by atoms with van der Waals surface area (Å²) in [6, 6.07) is 16.7. The standard InChI is InChI=1S/C21H24N2OS/c1-3-4-5-16-8-10-17(11-9-16)14-19-20(24)23-21(25-19)22-18-12-6-15(2)7-13-18/h6-13,19H,3-5,14H2,1-2H3,(H,22,23,24). The molecule has 1 N–H and O–H groups in total. The van der Waals surface area contributed by atoms with Crippen molar-refractivity contribution in [2.75, 3.05) is 0 Å². The number of hydrogen-bond donors (Lipinski definition) is 1. The van der Waals surface area contributed by atoms with Crippen LogP contribution >= 0.6 is 11.8 Å². The minimum Gasteiger partial charge on any atom is -0.304 e. The van der Waals surface area contributed by atoms with Crippen LogP contribution in [0.1, 0.15) is 36.5 Å². The van der Waals surface area contributed by atoms with Crippen molar-refractivity contribution in [3.8, 4) is 0 Å². The van der Waals surface area contributed by atoms with Crippen LogP contribution in [0.2, 0.25) is 0 Å². The number of unbranched alkanes of at least 4 members (excludes halogenated alkanes) is 1. The molecule has 130 valence electrons. The summed E-state index contributed by atoms with van der Waals surface area (Å²) in [6.07, 6.45) is 4.29. The molecule has 1 saturated heterocycles. The first-order valence-corrected chi connectivity index (χ1v) is 9.72. The van der Waals surface area contributed by atoms with Crippen LogP contribution in [0.15, 0.2) is 53.5 Å². The normalized spacial score (nSPS) is 18.6. The lowest BCUT2D eigenvalue weighted by Gasteiger charge is -2.07. The molecule has 25 heavy (non-hydrogen) atoms. The molecule has 4 heteroatoms. The van der Waals surface area contributed by atoms with Crippen LogP contribution in [-0.4, -0.2) is 16.3 Å². The molecule has 2 aromatic rings. The van der Waals surface area contributed by atoms with E-state index in [-0.39, 0.29) is 11.2 Å². The summed E-state index contributed by atoms with van der Waals surface area (Å²) in [5, 5.41) is 3.49. The van der Waals surface area contributed by atoms with Gasteiger partial charge in [-0.05, 0) is 49.4 Å². The zero-order valence-corrected chi connectivity index (χ0v) is 15.6. The molecule has 0 saturated carbocycles. The fourth-order valence-electron chi connectivity index (χ4n) is 2.77. The van der Waals surface area contributed by atoms with E-state index >= 15 is 0 Å². The lowest BCUT2D eigenvalue weighted by Crippen LogP contribution is -2.25. The molecule has 1 aliphatic heterocycles. The number of aliphatic imine (C=N–C) groups is 1. The van der Waals surface area contributed by atoms with E-state index in [0.29, 0.717) is 5.17 Å². The number of thioether (sulfide) groups is 1. The van der Waals surface area contributed by atoms with Crippen LogP contribution in [0.5, 0.6) is 0 Å². The van der Waals surface area contributed by atoms with E-state index in [1.165, 1.54) is 41.3 Å². The van der Waals surface area contributed by atoms with Gasteiger partial charge in [-0.2, -0.15) is 0 Å². The van der Waals surface area contributed by atoms with Crippen molar-refractivity contribution in [1.82, 2.24) is 5.32 Å². The summed E-state index contributed by atoms with van der Waals surface area (Å²) in [6.45, 7) is 4.26. The summed E-state index contributed by atoms with van der Waals surface area (Å²) < 4.78 is 0. The minimum atomic E-state index is -0.106. The molecular weight excluding hydrogens is 328 g/mol. The van der Waals surface area contributed by atoms with Crippen molar-refractivity contribution in [3.63, 3.8) is 0 Å². The van der Waals surface area contributed by atoms with Gasteiger partial charge in [0.05, 0.1) is 10.9 Å². The average Bonchev–Trinajstić information content (AvgIpc) is 2.95. The molecule has 3 nitrogen and oxygen atoms in total. The molecule has 0 aliphatic carbocycles. The number of carbonyl (C=O) groups excluding carboxylic acids is 1. The fourth-order valence-corrected chi connectivity index (χ4v) is 3.79. The smallest absolute Gasteiger partial charge is 0.239 e. The third-order valence-corrected chi connectivity index (χ3v) is 5.39. The molecular formula is C21H24N2OS. The molecule has 3 rings (SSSR count). The molecule has 1 heterocycles. The van der Waals surface area contributed by atoms with Gasteiger partial charge in [0, 0.05) is 0 Å². The van der Waals surface area contributed by atoms with Crippen molar-refractivity contribution in [1.29, 1.82) is 0 Å². The monoisotopic (exact) mass is 352 g/mol. The van der Waals surface area contributed by atoms with E-state index in [1.807, 2.05) is 31.2 Å². The molecule has 1 amide bonds. The Kier molecular flexibility index (Phi) is 5.92. The molecule has 1 unspecified atom stereocenters. The Hall–Kier alpha value is -2.07. The van der Waals surface area contributed by atoms with Gasteiger partial charge in [-0.15, -0.1) is 0 Å². The van der Waals surface area contributed by atoms with Crippen LogP contribution in [0.25, 0.3) is 0 Å². The second kappa shape index (κ2) is 8.34. The van der Waals surface area contributed by atoms with Crippen molar-refractivity contribution in [2.45, 2.75) is 44.8 Å². The number of nitrogens with zero attached hydrogens (tertiary/aromatic N) is 1. The Morgan fingerprint density at radius 2 is 1.72 bits per heavy atom. The van der Waals surface area contributed by atoms with Crippen LogP contribution in [0.3, 0.4) is 0 Å². The van der Waals surface area contributed by atoms with E-state index in [1.54, 1.807) is 0 Å². The molecule has 0 aromatic heterocycles. The topological polar surface area (TPSA) is 41.5 Å². The maximum Gasteiger partial charge on any atom is 0.239 e. The van der Waals surface area contributed by atoms with E-state index in [9.17, 15) is 4.79 Å². The SMILES string of the molecule is CCCCc1ccc(CC2SC(=Nc3ccc(C)cc3)NC2=O)cc1. The molecule has 0 spiro atoms. The van der Waals surface area contributed by atoms with Crippen molar-refractivity contribution >= 4 is 28.5 Å². The summed E-state index contributed by atoms with van der Waals surface area (Å²) in [4.78, 5) is 16.8. The van der Waals surface area contributed by atoms with E-state index in [0.717, 1.165) is 18.5 Å². The first-order valence-electron chi connectivity index (χ1n) is 8.85. The maximum atomic E-state index is 12.2. The predicted molar refractivity (Wildman–Crippen MR) is 107 cm³/mol. The lowest BCUT2D eigenvalue weighted by molar-refractivity contribution is -0.118. The Balaban J connectivity index is 1.62. The predicted octanol–water partition coefficient (Wildman–Crippen LogP) is 4.80. The van der Waals surface area contributed by atoms with Gasteiger partial charge < -0.3 is 5.32 Å². The second-order valence-corrected chi connectivity index (χ2v) is 7.66. The van der Waals surface area contributed by atoms with Gasteiger partial charge in [-0.1, -0.05) is 67.1 Å². The number of carbonyl (C=O) groups is 1. The molecule has 1 atom stereocenters. The molecule has 1 fully saturated rings. The van der Waals surface area contributed by atoms with Crippen LogP contribution in [0.4, 0.5) is 5.69 Å². The quantitative estimate of drug-likeness (QED) is 0.811. The first kappa shape index (κ1) is 17.7. The lowest BCUT2D eigenvalue weighted by atomic mass is 10.0. The zero-order chi connectivity index (χ0) is 17.6. The Morgan fingerprint density at radius 3 is 2.40 bits per heavy atom. The number of amides is 1. The van der Waals surface area contributed by atoms with E-state index in [2.05, 4.69) is 41.5 Å². The van der Waals surface area contributed by atoms with E-state index < -0.39 is 0 Å². The number of aryl methyl sites for hydroxylation is 2. The number of hydrogen-bond acceptors (Lipinski definition) is 3. The highest BCUT2D eigenvalue weighted by Gasteiger charge is 2.30. The van der Waals surface area contributed by atoms with Gasteiger partial charge in [-0.3, -0.25) is 4.79 Å². The van der Waals surface area contributed by atoms with Crippen molar-refractivity contribution in [3.05, 3.63) is 65.2 Å². The van der Waals surface area contributed by atoms with Gasteiger partial charge in [0.15, 0.2) is 5.17 Å². The third-order valence-electron chi connectivity index (χ3n) is 4.30.